The van der Waals surface area contributed by atoms with Crippen molar-refractivity contribution in [3.05, 3.63) is 45.7 Å². The molecule has 0 saturated carbocycles. The van der Waals surface area contributed by atoms with Crippen molar-refractivity contribution in [2.45, 2.75) is 13.3 Å². The molecule has 0 aliphatic carbocycles. The number of hydrogen-bond acceptors (Lipinski definition) is 2. The van der Waals surface area contributed by atoms with E-state index in [1.165, 1.54) is 0 Å². The molecule has 82 valence electrons. The summed E-state index contributed by atoms with van der Waals surface area (Å²) in [4.78, 5) is 11.0. The molecular weight excluding hydrogens is 315 g/mol. The van der Waals surface area contributed by atoms with Crippen molar-refractivity contribution in [2.75, 3.05) is 0 Å². The minimum atomic E-state index is 0.114. The van der Waals surface area contributed by atoms with Crippen molar-refractivity contribution < 1.29 is 9.21 Å². The highest BCUT2D eigenvalue weighted by Crippen LogP contribution is 2.26. The lowest BCUT2D eigenvalue weighted by Crippen LogP contribution is -1.93. The molecule has 0 aliphatic rings. The largest absolute Gasteiger partial charge is 0.461 e. The molecule has 0 atom stereocenters. The van der Waals surface area contributed by atoms with E-state index >= 15 is 0 Å². The number of ketones is 1. The van der Waals surface area contributed by atoms with Crippen LogP contribution in [-0.4, -0.2) is 5.78 Å². The van der Waals surface area contributed by atoms with Crippen LogP contribution in [0.4, 0.5) is 0 Å². The predicted octanol–water partition coefficient (Wildman–Crippen LogP) is 3.68. The molecule has 16 heavy (non-hydrogen) atoms. The number of Topliss-reactive ketones (excluding diaryl/α,β-unsaturated/α-hetero) is 1. The molecule has 0 amide bonds. The van der Waals surface area contributed by atoms with Crippen molar-refractivity contribution in [3.8, 4) is 11.3 Å². The van der Waals surface area contributed by atoms with Crippen molar-refractivity contribution >= 4 is 28.4 Å². The monoisotopic (exact) mass is 326 g/mol. The van der Waals surface area contributed by atoms with Gasteiger partial charge in [-0.05, 0) is 47.7 Å². The third-order valence-electron chi connectivity index (χ3n) is 2.22. The van der Waals surface area contributed by atoms with E-state index in [1.807, 2.05) is 36.4 Å². The van der Waals surface area contributed by atoms with Gasteiger partial charge >= 0.3 is 0 Å². The summed E-state index contributed by atoms with van der Waals surface area (Å²) in [5.41, 5.74) is 1.07. The van der Waals surface area contributed by atoms with E-state index in [9.17, 15) is 4.79 Å². The summed E-state index contributed by atoms with van der Waals surface area (Å²) < 4.78 is 6.78. The van der Waals surface area contributed by atoms with Crippen molar-refractivity contribution in [1.82, 2.24) is 0 Å². The normalized spacial score (nSPS) is 10.4. The zero-order chi connectivity index (χ0) is 11.5. The highest BCUT2D eigenvalue weighted by molar-refractivity contribution is 14.1. The standard InChI is InChI=1S/C13H11IO2/c1-9(15)8-10-6-7-13(16-10)11-4-2-3-5-12(11)14/h2-7H,8H2,1H3. The first kappa shape index (κ1) is 11.4. The maximum atomic E-state index is 11.0. The van der Waals surface area contributed by atoms with Crippen molar-refractivity contribution in [3.63, 3.8) is 0 Å². The van der Waals surface area contributed by atoms with Crippen LogP contribution in [0.2, 0.25) is 0 Å². The molecular formula is C13H11IO2. The molecule has 0 spiro atoms. The Morgan fingerprint density at radius 3 is 2.69 bits per heavy atom. The zero-order valence-electron chi connectivity index (χ0n) is 8.87. The Kier molecular flexibility index (Phi) is 3.43. The molecule has 1 heterocycles. The van der Waals surface area contributed by atoms with Crippen molar-refractivity contribution in [2.24, 2.45) is 0 Å². The lowest BCUT2D eigenvalue weighted by molar-refractivity contribution is -0.116. The molecule has 0 fully saturated rings. The van der Waals surface area contributed by atoms with E-state index in [4.69, 9.17) is 4.42 Å². The van der Waals surface area contributed by atoms with Gasteiger partial charge in [0.15, 0.2) is 0 Å². The molecule has 0 N–H and O–H groups in total. The van der Waals surface area contributed by atoms with Gasteiger partial charge < -0.3 is 4.42 Å². The Labute approximate surface area is 108 Å². The molecule has 1 aromatic carbocycles. The lowest BCUT2D eigenvalue weighted by atomic mass is 10.2. The molecule has 3 heteroatoms. The predicted molar refractivity (Wildman–Crippen MR) is 71.2 cm³/mol. The van der Waals surface area contributed by atoms with Crippen LogP contribution in [0.5, 0.6) is 0 Å². The molecule has 2 nitrogen and oxygen atoms in total. The number of hydrogen-bond donors (Lipinski definition) is 0. The average Bonchev–Trinajstić information content (AvgIpc) is 2.66. The highest BCUT2D eigenvalue weighted by Gasteiger charge is 2.08. The molecule has 1 aromatic heterocycles. The van der Waals surface area contributed by atoms with Crippen LogP contribution in [0.25, 0.3) is 11.3 Å². The molecule has 0 saturated heterocycles. The van der Waals surface area contributed by atoms with E-state index in [0.717, 1.165) is 20.7 Å². The van der Waals surface area contributed by atoms with Crippen LogP contribution in [0.15, 0.2) is 40.8 Å². The fourth-order valence-electron chi connectivity index (χ4n) is 1.52. The van der Waals surface area contributed by atoms with Crippen LogP contribution >= 0.6 is 22.6 Å². The Morgan fingerprint density at radius 2 is 2.00 bits per heavy atom. The number of benzene rings is 1. The first-order chi connectivity index (χ1) is 7.66. The van der Waals surface area contributed by atoms with Crippen LogP contribution in [-0.2, 0) is 11.2 Å². The Bertz CT molecular complexity index is 514. The summed E-state index contributed by atoms with van der Waals surface area (Å²) >= 11 is 2.27. The Hall–Kier alpha value is -1.10. The van der Waals surface area contributed by atoms with E-state index < -0.39 is 0 Å². The van der Waals surface area contributed by atoms with Gasteiger partial charge in [0.05, 0.1) is 6.42 Å². The summed E-state index contributed by atoms with van der Waals surface area (Å²) in [6.07, 6.45) is 0.364. The Morgan fingerprint density at radius 1 is 1.25 bits per heavy atom. The maximum Gasteiger partial charge on any atom is 0.137 e. The number of furan rings is 1. The third-order valence-corrected chi connectivity index (χ3v) is 3.16. The molecule has 0 aliphatic heterocycles. The molecule has 0 bridgehead atoms. The smallest absolute Gasteiger partial charge is 0.137 e. The van der Waals surface area contributed by atoms with Gasteiger partial charge in [0.2, 0.25) is 0 Å². The number of rotatable bonds is 3. The van der Waals surface area contributed by atoms with Gasteiger partial charge in [-0.25, -0.2) is 0 Å². The third kappa shape index (κ3) is 2.52. The Balaban J connectivity index is 2.32. The minimum Gasteiger partial charge on any atom is -0.461 e. The fraction of sp³-hybridized carbons (Fsp3) is 0.154. The first-order valence-electron chi connectivity index (χ1n) is 5.00. The molecule has 2 rings (SSSR count). The number of carbonyl (C=O) groups is 1. The second-order valence-corrected chi connectivity index (χ2v) is 4.79. The van der Waals surface area contributed by atoms with E-state index in [1.54, 1.807) is 6.92 Å². The second kappa shape index (κ2) is 4.82. The summed E-state index contributed by atoms with van der Waals surface area (Å²) in [5.74, 6) is 1.66. The second-order valence-electron chi connectivity index (χ2n) is 3.62. The van der Waals surface area contributed by atoms with Gasteiger partial charge in [0, 0.05) is 9.13 Å². The van der Waals surface area contributed by atoms with E-state index in [0.29, 0.717) is 6.42 Å². The maximum absolute atomic E-state index is 11.0. The average molecular weight is 326 g/mol. The number of halogens is 1. The molecule has 2 aromatic rings. The van der Waals surface area contributed by atoms with Crippen LogP contribution < -0.4 is 0 Å². The van der Waals surface area contributed by atoms with Crippen LogP contribution in [0.1, 0.15) is 12.7 Å². The van der Waals surface area contributed by atoms with E-state index in [2.05, 4.69) is 22.6 Å². The SMILES string of the molecule is CC(=O)Cc1ccc(-c2ccccc2I)o1. The van der Waals surface area contributed by atoms with Gasteiger partial charge in [-0.1, -0.05) is 18.2 Å². The fourth-order valence-corrected chi connectivity index (χ4v) is 2.18. The lowest BCUT2D eigenvalue weighted by Gasteiger charge is -1.99. The topological polar surface area (TPSA) is 30.2 Å². The quantitative estimate of drug-likeness (QED) is 0.806. The molecule has 0 unspecified atom stereocenters. The molecule has 0 radical (unpaired) electrons. The van der Waals surface area contributed by atoms with Crippen LogP contribution in [0, 0.1) is 3.57 Å². The van der Waals surface area contributed by atoms with Crippen LogP contribution in [0.3, 0.4) is 0 Å². The summed E-state index contributed by atoms with van der Waals surface area (Å²) in [7, 11) is 0. The first-order valence-corrected chi connectivity index (χ1v) is 6.08. The van der Waals surface area contributed by atoms with Gasteiger partial charge in [0.25, 0.3) is 0 Å². The van der Waals surface area contributed by atoms with Gasteiger partial charge in [-0.15, -0.1) is 0 Å². The number of carbonyl (C=O) groups excluding carboxylic acids is 1. The highest BCUT2D eigenvalue weighted by atomic mass is 127. The zero-order valence-corrected chi connectivity index (χ0v) is 11.0. The van der Waals surface area contributed by atoms with Gasteiger partial charge in [-0.3, -0.25) is 4.79 Å². The van der Waals surface area contributed by atoms with Crippen molar-refractivity contribution in [1.29, 1.82) is 0 Å². The van der Waals surface area contributed by atoms with E-state index in [-0.39, 0.29) is 5.78 Å². The van der Waals surface area contributed by atoms with Gasteiger partial charge in [-0.2, -0.15) is 0 Å². The van der Waals surface area contributed by atoms with Gasteiger partial charge in [0.1, 0.15) is 17.3 Å². The summed E-state index contributed by atoms with van der Waals surface area (Å²) in [5, 5.41) is 0. The minimum absolute atomic E-state index is 0.114. The summed E-state index contributed by atoms with van der Waals surface area (Å²) in [6.45, 7) is 1.56. The summed E-state index contributed by atoms with van der Waals surface area (Å²) in [6, 6.07) is 11.8.